The zero-order valence-corrected chi connectivity index (χ0v) is 12.9. The van der Waals surface area contributed by atoms with Gasteiger partial charge in [-0.05, 0) is 51.1 Å². The highest BCUT2D eigenvalue weighted by molar-refractivity contribution is 5.71. The second-order valence-electron chi connectivity index (χ2n) is 6.17. The summed E-state index contributed by atoms with van der Waals surface area (Å²) in [5, 5.41) is 9.47. The average molecular weight is 269 g/mol. The minimum absolute atomic E-state index is 0.148. The quantitative estimate of drug-likeness (QED) is 0.729. The Morgan fingerprint density at radius 2 is 1.74 bits per heavy atom. The van der Waals surface area contributed by atoms with Crippen LogP contribution in [-0.4, -0.2) is 35.1 Å². The molecule has 3 heteroatoms. The van der Waals surface area contributed by atoms with Gasteiger partial charge in [0.15, 0.2) is 0 Å². The van der Waals surface area contributed by atoms with Gasteiger partial charge in [0.1, 0.15) is 0 Å². The lowest BCUT2D eigenvalue weighted by molar-refractivity contribution is -0.146. The summed E-state index contributed by atoms with van der Waals surface area (Å²) in [6.45, 7) is 8.81. The van der Waals surface area contributed by atoms with Gasteiger partial charge in [0.25, 0.3) is 0 Å². The molecule has 112 valence electrons. The number of carboxylic acids is 1. The van der Waals surface area contributed by atoms with Gasteiger partial charge in [-0.25, -0.2) is 0 Å². The van der Waals surface area contributed by atoms with Crippen LogP contribution in [0.15, 0.2) is 0 Å². The van der Waals surface area contributed by atoms with Crippen molar-refractivity contribution >= 4 is 5.97 Å². The lowest BCUT2D eigenvalue weighted by atomic mass is 9.78. The van der Waals surface area contributed by atoms with Crippen LogP contribution in [0.3, 0.4) is 0 Å². The van der Waals surface area contributed by atoms with E-state index in [0.717, 1.165) is 32.4 Å². The molecule has 1 fully saturated rings. The SMILES string of the molecule is CCCCN(CCCC)C1CC(C)CCC1C(=O)O. The van der Waals surface area contributed by atoms with Gasteiger partial charge >= 0.3 is 5.97 Å². The summed E-state index contributed by atoms with van der Waals surface area (Å²) in [6.07, 6.45) is 7.72. The third-order valence-corrected chi connectivity index (χ3v) is 4.46. The number of nitrogens with zero attached hydrogens (tertiary/aromatic N) is 1. The topological polar surface area (TPSA) is 40.5 Å². The van der Waals surface area contributed by atoms with Crippen LogP contribution in [0.1, 0.15) is 65.7 Å². The Bertz CT molecular complexity index is 259. The molecule has 0 aromatic carbocycles. The first-order valence-electron chi connectivity index (χ1n) is 8.06. The number of hydrogen-bond acceptors (Lipinski definition) is 2. The Kier molecular flexibility index (Phi) is 7.44. The number of aliphatic carboxylic acids is 1. The molecule has 0 spiro atoms. The Labute approximate surface area is 118 Å². The number of unbranched alkanes of at least 4 members (excludes halogenated alkanes) is 2. The summed E-state index contributed by atoms with van der Waals surface area (Å²) in [5.74, 6) is -0.0637. The van der Waals surface area contributed by atoms with Gasteiger partial charge in [-0.1, -0.05) is 33.6 Å². The normalized spacial score (nSPS) is 27.7. The monoisotopic (exact) mass is 269 g/mol. The Hall–Kier alpha value is -0.570. The first-order valence-corrected chi connectivity index (χ1v) is 8.06. The highest BCUT2D eigenvalue weighted by Gasteiger charge is 2.36. The first kappa shape index (κ1) is 16.5. The number of carboxylic acid groups (broad SMARTS) is 1. The molecule has 1 aliphatic rings. The summed E-state index contributed by atoms with van der Waals surface area (Å²) in [4.78, 5) is 14.0. The van der Waals surface area contributed by atoms with E-state index in [4.69, 9.17) is 0 Å². The predicted octanol–water partition coefficient (Wildman–Crippen LogP) is 3.78. The van der Waals surface area contributed by atoms with E-state index in [-0.39, 0.29) is 12.0 Å². The molecule has 0 aliphatic heterocycles. The number of hydrogen-bond donors (Lipinski definition) is 1. The van der Waals surface area contributed by atoms with Gasteiger partial charge in [-0.3, -0.25) is 9.69 Å². The van der Waals surface area contributed by atoms with Gasteiger partial charge in [-0.15, -0.1) is 0 Å². The molecule has 1 saturated carbocycles. The second-order valence-corrected chi connectivity index (χ2v) is 6.17. The maximum Gasteiger partial charge on any atom is 0.308 e. The summed E-state index contributed by atoms with van der Waals surface area (Å²) < 4.78 is 0. The molecule has 0 heterocycles. The Balaban J connectivity index is 2.71. The summed E-state index contributed by atoms with van der Waals surface area (Å²) in [6, 6.07) is 0.263. The molecule has 0 amide bonds. The molecule has 0 aromatic rings. The average Bonchev–Trinajstić information content (AvgIpc) is 2.38. The molecule has 1 aliphatic carbocycles. The molecule has 3 nitrogen and oxygen atoms in total. The number of carbonyl (C=O) groups is 1. The van der Waals surface area contributed by atoms with Gasteiger partial charge in [-0.2, -0.15) is 0 Å². The van der Waals surface area contributed by atoms with Crippen molar-refractivity contribution in [2.75, 3.05) is 13.1 Å². The lowest BCUT2D eigenvalue weighted by Crippen LogP contribution is -2.47. The maximum absolute atomic E-state index is 11.5. The van der Waals surface area contributed by atoms with Crippen molar-refractivity contribution in [3.8, 4) is 0 Å². The third kappa shape index (κ3) is 5.13. The summed E-state index contributed by atoms with van der Waals surface area (Å²) >= 11 is 0. The maximum atomic E-state index is 11.5. The van der Waals surface area contributed by atoms with Crippen LogP contribution in [0.25, 0.3) is 0 Å². The summed E-state index contributed by atoms with van der Waals surface area (Å²) in [5.41, 5.74) is 0. The van der Waals surface area contributed by atoms with Gasteiger partial charge in [0.2, 0.25) is 0 Å². The zero-order valence-electron chi connectivity index (χ0n) is 12.9. The molecule has 0 radical (unpaired) electrons. The van der Waals surface area contributed by atoms with E-state index < -0.39 is 5.97 Å². The van der Waals surface area contributed by atoms with Crippen molar-refractivity contribution in [2.24, 2.45) is 11.8 Å². The molecule has 1 N–H and O–H groups in total. The molecule has 0 bridgehead atoms. The minimum atomic E-state index is -0.588. The van der Waals surface area contributed by atoms with E-state index in [1.165, 1.54) is 25.7 Å². The number of rotatable bonds is 8. The fourth-order valence-electron chi connectivity index (χ4n) is 3.21. The molecule has 0 aromatic heterocycles. The highest BCUT2D eigenvalue weighted by atomic mass is 16.4. The second kappa shape index (κ2) is 8.57. The fourth-order valence-corrected chi connectivity index (χ4v) is 3.21. The van der Waals surface area contributed by atoms with Crippen LogP contribution in [0.2, 0.25) is 0 Å². The van der Waals surface area contributed by atoms with Crippen LogP contribution in [0.5, 0.6) is 0 Å². The smallest absolute Gasteiger partial charge is 0.308 e. The van der Waals surface area contributed by atoms with Gasteiger partial charge < -0.3 is 5.11 Å². The van der Waals surface area contributed by atoms with E-state index in [9.17, 15) is 9.90 Å². The molecular weight excluding hydrogens is 238 g/mol. The predicted molar refractivity (Wildman–Crippen MR) is 79.3 cm³/mol. The Morgan fingerprint density at radius 3 is 2.21 bits per heavy atom. The van der Waals surface area contributed by atoms with Crippen molar-refractivity contribution in [3.05, 3.63) is 0 Å². The summed E-state index contributed by atoms with van der Waals surface area (Å²) in [7, 11) is 0. The van der Waals surface area contributed by atoms with Crippen molar-refractivity contribution < 1.29 is 9.90 Å². The lowest BCUT2D eigenvalue weighted by Gasteiger charge is -2.40. The highest BCUT2D eigenvalue weighted by Crippen LogP contribution is 2.32. The van der Waals surface area contributed by atoms with E-state index >= 15 is 0 Å². The zero-order chi connectivity index (χ0) is 14.3. The molecule has 1 rings (SSSR count). The van der Waals surface area contributed by atoms with Crippen molar-refractivity contribution in [2.45, 2.75) is 71.8 Å². The first-order chi connectivity index (χ1) is 9.10. The molecular formula is C16H31NO2. The molecule has 0 saturated heterocycles. The van der Waals surface area contributed by atoms with Crippen molar-refractivity contribution in [1.82, 2.24) is 4.90 Å². The van der Waals surface area contributed by atoms with Gasteiger partial charge in [0.05, 0.1) is 5.92 Å². The van der Waals surface area contributed by atoms with Crippen LogP contribution >= 0.6 is 0 Å². The Morgan fingerprint density at radius 1 is 1.16 bits per heavy atom. The van der Waals surface area contributed by atoms with E-state index in [1.807, 2.05) is 0 Å². The van der Waals surface area contributed by atoms with Crippen LogP contribution in [0, 0.1) is 11.8 Å². The largest absolute Gasteiger partial charge is 0.481 e. The molecule has 19 heavy (non-hydrogen) atoms. The van der Waals surface area contributed by atoms with Gasteiger partial charge in [0, 0.05) is 6.04 Å². The van der Waals surface area contributed by atoms with E-state index in [0.29, 0.717) is 5.92 Å². The van der Waals surface area contributed by atoms with Crippen LogP contribution in [-0.2, 0) is 4.79 Å². The van der Waals surface area contributed by atoms with Crippen LogP contribution in [0.4, 0.5) is 0 Å². The molecule has 3 atom stereocenters. The minimum Gasteiger partial charge on any atom is -0.481 e. The van der Waals surface area contributed by atoms with Crippen LogP contribution < -0.4 is 0 Å². The molecule has 3 unspecified atom stereocenters. The van der Waals surface area contributed by atoms with Crippen molar-refractivity contribution in [1.29, 1.82) is 0 Å². The standard InChI is InChI=1S/C16H31NO2/c1-4-6-10-17(11-7-5-2)15-12-13(3)8-9-14(15)16(18)19/h13-15H,4-12H2,1-3H3,(H,18,19). The fraction of sp³-hybridized carbons (Fsp3) is 0.938. The third-order valence-electron chi connectivity index (χ3n) is 4.46. The van der Waals surface area contributed by atoms with Crippen molar-refractivity contribution in [3.63, 3.8) is 0 Å². The van der Waals surface area contributed by atoms with E-state index in [1.54, 1.807) is 0 Å². The van der Waals surface area contributed by atoms with E-state index in [2.05, 4.69) is 25.7 Å².